The zero-order valence-electron chi connectivity index (χ0n) is 19.4. The fourth-order valence-corrected chi connectivity index (χ4v) is 4.67. The molecule has 1 aliphatic carbocycles. The monoisotopic (exact) mass is 429 g/mol. The van der Waals surface area contributed by atoms with Crippen LogP contribution < -0.4 is 20.3 Å². The van der Waals surface area contributed by atoms with E-state index >= 15 is 0 Å². The number of aryl methyl sites for hydroxylation is 1. The molecule has 2 unspecified atom stereocenters. The minimum atomic E-state index is -0.147. The van der Waals surface area contributed by atoms with E-state index in [4.69, 9.17) is 9.47 Å². The van der Waals surface area contributed by atoms with Gasteiger partial charge >= 0.3 is 0 Å². The Bertz CT molecular complexity index is 977. The van der Waals surface area contributed by atoms with Gasteiger partial charge in [0.1, 0.15) is 0 Å². The van der Waals surface area contributed by atoms with Crippen LogP contribution in [0.25, 0.3) is 10.9 Å². The second-order valence-corrected chi connectivity index (χ2v) is 9.50. The van der Waals surface area contributed by atoms with Crippen molar-refractivity contribution in [1.29, 1.82) is 0 Å². The van der Waals surface area contributed by atoms with E-state index in [1.54, 1.807) is 23.8 Å². The van der Waals surface area contributed by atoms with Gasteiger partial charge < -0.3 is 14.8 Å². The molecular formula is C24H35N3O4. The smallest absolute Gasteiger partial charge is 0.261 e. The normalized spacial score (nSPS) is 19.3. The first-order valence-electron chi connectivity index (χ1n) is 11.1. The molecule has 31 heavy (non-hydrogen) atoms. The summed E-state index contributed by atoms with van der Waals surface area (Å²) in [6.07, 6.45) is 7.13. The molecule has 1 aromatic carbocycles. The van der Waals surface area contributed by atoms with Crippen LogP contribution in [-0.2, 0) is 11.3 Å². The van der Waals surface area contributed by atoms with Crippen molar-refractivity contribution < 1.29 is 14.3 Å². The third-order valence-corrected chi connectivity index (χ3v) is 6.36. The Morgan fingerprint density at radius 2 is 1.84 bits per heavy atom. The van der Waals surface area contributed by atoms with Gasteiger partial charge in [-0.1, -0.05) is 33.6 Å². The number of methoxy groups -OCH3 is 2. The maximum atomic E-state index is 12.9. The van der Waals surface area contributed by atoms with Crippen LogP contribution in [0.1, 0.15) is 59.3 Å². The molecule has 0 aliphatic heterocycles. The van der Waals surface area contributed by atoms with E-state index in [0.717, 1.165) is 6.42 Å². The molecule has 1 amide bonds. The quantitative estimate of drug-likeness (QED) is 0.721. The number of hydrogen-bond acceptors (Lipinski definition) is 5. The van der Waals surface area contributed by atoms with E-state index in [2.05, 4.69) is 31.1 Å². The van der Waals surface area contributed by atoms with Crippen LogP contribution in [0.5, 0.6) is 11.5 Å². The number of rotatable bonds is 7. The van der Waals surface area contributed by atoms with Crippen LogP contribution in [0.3, 0.4) is 0 Å². The molecule has 7 nitrogen and oxygen atoms in total. The molecule has 1 N–H and O–H groups in total. The van der Waals surface area contributed by atoms with Crippen LogP contribution in [0.4, 0.5) is 0 Å². The van der Waals surface area contributed by atoms with Crippen LogP contribution in [0.2, 0.25) is 0 Å². The van der Waals surface area contributed by atoms with Gasteiger partial charge in [-0.15, -0.1) is 0 Å². The standard InChI is InChI=1S/C24H35N3O4/c1-24(2,3)17-9-6-7-10-18(17)26-22(28)11-8-12-27-15-25-19-14-21(31-5)20(30-4)13-16(19)23(27)29/h13-15,17-18H,6-12H2,1-5H3,(H,26,28). The van der Waals surface area contributed by atoms with Crippen molar-refractivity contribution in [2.75, 3.05) is 14.2 Å². The average molecular weight is 430 g/mol. The van der Waals surface area contributed by atoms with Crippen LogP contribution in [-0.4, -0.2) is 35.7 Å². The van der Waals surface area contributed by atoms with Gasteiger partial charge in [0.15, 0.2) is 11.5 Å². The largest absolute Gasteiger partial charge is 0.493 e. The SMILES string of the molecule is COc1cc2ncn(CCCC(=O)NC3CCCCC3C(C)(C)C)c(=O)c2cc1OC. The minimum Gasteiger partial charge on any atom is -0.493 e. The van der Waals surface area contributed by atoms with E-state index in [1.807, 2.05) is 0 Å². The Hall–Kier alpha value is -2.57. The lowest BCUT2D eigenvalue weighted by molar-refractivity contribution is -0.123. The molecule has 2 aromatic rings. The summed E-state index contributed by atoms with van der Waals surface area (Å²) in [5.74, 6) is 1.60. The number of hydrogen-bond donors (Lipinski definition) is 1. The molecule has 7 heteroatoms. The number of carbonyl (C=O) groups is 1. The average Bonchev–Trinajstić information content (AvgIpc) is 2.74. The Balaban J connectivity index is 1.63. The van der Waals surface area contributed by atoms with E-state index in [0.29, 0.717) is 47.7 Å². The first-order valence-corrected chi connectivity index (χ1v) is 11.1. The Morgan fingerprint density at radius 3 is 2.52 bits per heavy atom. The van der Waals surface area contributed by atoms with Crippen LogP contribution in [0.15, 0.2) is 23.3 Å². The molecule has 1 aromatic heterocycles. The topological polar surface area (TPSA) is 82.5 Å². The van der Waals surface area contributed by atoms with Gasteiger partial charge in [0.05, 0.1) is 31.4 Å². The fourth-order valence-electron chi connectivity index (χ4n) is 4.67. The number of ether oxygens (including phenoxy) is 2. The number of fused-ring (bicyclic) bond motifs is 1. The van der Waals surface area contributed by atoms with Gasteiger partial charge in [-0.05, 0) is 36.7 Å². The third kappa shape index (κ3) is 5.38. The van der Waals surface area contributed by atoms with Gasteiger partial charge in [0.2, 0.25) is 5.91 Å². The summed E-state index contributed by atoms with van der Waals surface area (Å²) in [4.78, 5) is 29.8. The number of amides is 1. The van der Waals surface area contributed by atoms with E-state index in [9.17, 15) is 9.59 Å². The summed E-state index contributed by atoms with van der Waals surface area (Å²) in [5, 5.41) is 3.73. The molecule has 1 heterocycles. The summed E-state index contributed by atoms with van der Waals surface area (Å²) in [5.41, 5.74) is 0.597. The number of nitrogens with one attached hydrogen (secondary N) is 1. The summed E-state index contributed by atoms with van der Waals surface area (Å²) >= 11 is 0. The van der Waals surface area contributed by atoms with Gasteiger partial charge in [-0.3, -0.25) is 14.2 Å². The summed E-state index contributed by atoms with van der Waals surface area (Å²) < 4.78 is 12.1. The summed E-state index contributed by atoms with van der Waals surface area (Å²) in [6, 6.07) is 3.60. The molecule has 170 valence electrons. The fraction of sp³-hybridized carbons (Fsp3) is 0.625. The van der Waals surface area contributed by atoms with E-state index in [-0.39, 0.29) is 22.9 Å². The summed E-state index contributed by atoms with van der Waals surface area (Å²) in [6.45, 7) is 7.21. The van der Waals surface area contributed by atoms with E-state index in [1.165, 1.54) is 32.7 Å². The Morgan fingerprint density at radius 1 is 1.16 bits per heavy atom. The molecule has 1 aliphatic rings. The molecule has 0 radical (unpaired) electrons. The van der Waals surface area contributed by atoms with Crippen molar-refractivity contribution in [3.8, 4) is 11.5 Å². The number of aromatic nitrogens is 2. The molecule has 1 saturated carbocycles. The van der Waals surface area contributed by atoms with E-state index < -0.39 is 0 Å². The second kappa shape index (κ2) is 9.71. The summed E-state index contributed by atoms with van der Waals surface area (Å²) in [7, 11) is 3.08. The number of carbonyl (C=O) groups excluding carboxylic acids is 1. The molecular weight excluding hydrogens is 394 g/mol. The molecule has 0 bridgehead atoms. The molecule has 0 spiro atoms. The van der Waals surface area contributed by atoms with Crippen LogP contribution in [0, 0.1) is 11.3 Å². The van der Waals surface area contributed by atoms with Crippen molar-refractivity contribution in [1.82, 2.24) is 14.9 Å². The van der Waals surface area contributed by atoms with Crippen molar-refractivity contribution in [3.05, 3.63) is 28.8 Å². The minimum absolute atomic E-state index is 0.0642. The van der Waals surface area contributed by atoms with Gasteiger partial charge in [-0.25, -0.2) is 4.98 Å². The molecule has 2 atom stereocenters. The third-order valence-electron chi connectivity index (χ3n) is 6.36. The van der Waals surface area contributed by atoms with Crippen molar-refractivity contribution >= 4 is 16.8 Å². The highest BCUT2D eigenvalue weighted by Gasteiger charge is 2.34. The predicted octanol–water partition coefficient (Wildman–Crippen LogP) is 3.92. The van der Waals surface area contributed by atoms with Crippen molar-refractivity contribution in [3.63, 3.8) is 0 Å². The second-order valence-electron chi connectivity index (χ2n) is 9.50. The predicted molar refractivity (Wildman–Crippen MR) is 122 cm³/mol. The Kier molecular flexibility index (Phi) is 7.23. The molecule has 0 saturated heterocycles. The van der Waals surface area contributed by atoms with Crippen molar-refractivity contribution in [2.24, 2.45) is 11.3 Å². The lowest BCUT2D eigenvalue weighted by Gasteiger charge is -2.40. The first-order chi connectivity index (χ1) is 14.7. The molecule has 3 rings (SSSR count). The highest BCUT2D eigenvalue weighted by Crippen LogP contribution is 2.38. The highest BCUT2D eigenvalue weighted by atomic mass is 16.5. The zero-order valence-corrected chi connectivity index (χ0v) is 19.4. The zero-order chi connectivity index (χ0) is 22.6. The van der Waals surface area contributed by atoms with Gasteiger partial charge in [0.25, 0.3) is 5.56 Å². The highest BCUT2D eigenvalue weighted by molar-refractivity contribution is 5.81. The number of nitrogens with zero attached hydrogens (tertiary/aromatic N) is 2. The molecule has 1 fully saturated rings. The van der Waals surface area contributed by atoms with Crippen molar-refractivity contribution in [2.45, 2.75) is 71.9 Å². The first kappa shape index (κ1) is 23.1. The maximum Gasteiger partial charge on any atom is 0.261 e. The Labute approximate surface area is 184 Å². The number of benzene rings is 1. The lowest BCUT2D eigenvalue weighted by atomic mass is 9.69. The lowest BCUT2D eigenvalue weighted by Crippen LogP contribution is -2.46. The maximum absolute atomic E-state index is 12.9. The van der Waals surface area contributed by atoms with Crippen LogP contribution >= 0.6 is 0 Å². The van der Waals surface area contributed by atoms with Gasteiger partial charge in [-0.2, -0.15) is 0 Å². The van der Waals surface area contributed by atoms with Gasteiger partial charge in [0, 0.05) is 25.1 Å².